The highest BCUT2D eigenvalue weighted by molar-refractivity contribution is 6.08. The van der Waals surface area contributed by atoms with Gasteiger partial charge in [-0.3, -0.25) is 0 Å². The van der Waals surface area contributed by atoms with E-state index in [-0.39, 0.29) is 0 Å². The van der Waals surface area contributed by atoms with Crippen LogP contribution in [0.2, 0.25) is 0 Å². The van der Waals surface area contributed by atoms with Crippen LogP contribution >= 0.6 is 0 Å². The van der Waals surface area contributed by atoms with Gasteiger partial charge in [0.2, 0.25) is 5.41 Å². The first kappa shape index (κ1) is 9.37. The average molecular weight is 159 g/mol. The van der Waals surface area contributed by atoms with Crippen LogP contribution < -0.4 is 0 Å². The molecule has 0 bridgehead atoms. The molecule has 0 saturated carbocycles. The van der Waals surface area contributed by atoms with E-state index in [1.165, 1.54) is 0 Å². The van der Waals surface area contributed by atoms with Crippen LogP contribution in [0.3, 0.4) is 0 Å². The smallest absolute Gasteiger partial charge is 0.345 e. The lowest BCUT2D eigenvalue weighted by atomic mass is 9.92. The molecular weight excluding hydrogens is 156 g/mol. The second-order valence-electron chi connectivity index (χ2n) is 1.57. The van der Waals surface area contributed by atoms with Crippen molar-refractivity contribution in [1.29, 1.82) is 0 Å². The fraction of sp³-hybridized carbons (Fsp3) is 0.125. The summed E-state index contributed by atoms with van der Waals surface area (Å²) in [6.45, 7) is 0. The van der Waals surface area contributed by atoms with Crippen molar-refractivity contribution in [3.05, 3.63) is 0 Å². The van der Waals surface area contributed by atoms with Crippen molar-refractivity contribution in [3.63, 3.8) is 0 Å². The molecule has 0 atom stereocenters. The van der Waals surface area contributed by atoms with Gasteiger partial charge in [0.05, 0.1) is 0 Å². The van der Waals surface area contributed by atoms with E-state index in [0.29, 0.717) is 0 Å². The van der Waals surface area contributed by atoms with Gasteiger partial charge in [-0.2, -0.15) is 0 Å². The molecule has 3 radical (unpaired) electrons. The van der Waals surface area contributed by atoms with E-state index in [2.05, 4.69) is 14.9 Å². The Morgan fingerprint density at radius 2 is 1.64 bits per heavy atom. The van der Waals surface area contributed by atoms with Gasteiger partial charge >= 0.3 is 16.5 Å². The lowest BCUT2D eigenvalue weighted by Gasteiger charge is -2.10. The first-order chi connectivity index (χ1) is 5.16. The summed E-state index contributed by atoms with van der Waals surface area (Å²) in [5.74, 6) is 5.10. The third kappa shape index (κ3) is 1.44. The Kier molecular flexibility index (Phi) is 2.99. The lowest BCUT2D eigenvalue weighted by molar-refractivity contribution is -0.137. The summed E-state index contributed by atoms with van der Waals surface area (Å²) in [4.78, 5) is 10.8. The Bertz CT molecular complexity index is 249. The van der Waals surface area contributed by atoms with Crippen molar-refractivity contribution in [2.45, 2.75) is 0 Å². The van der Waals surface area contributed by atoms with Crippen LogP contribution in [0, 0.1) is 42.4 Å². The molecule has 0 aromatic heterocycles. The van der Waals surface area contributed by atoms with Gasteiger partial charge in [-0.15, -0.1) is 19.3 Å². The number of carbonyl (C=O) groups is 1. The van der Waals surface area contributed by atoms with Crippen LogP contribution in [0.4, 0.5) is 0 Å². The van der Waals surface area contributed by atoms with Crippen LogP contribution in [0.25, 0.3) is 0 Å². The third-order valence-corrected chi connectivity index (χ3v) is 1.23. The van der Waals surface area contributed by atoms with Crippen LogP contribution in [0.15, 0.2) is 0 Å². The zero-order valence-corrected chi connectivity index (χ0v) is 6.55. The van der Waals surface area contributed by atoms with E-state index in [9.17, 15) is 4.79 Å². The lowest BCUT2D eigenvalue weighted by Crippen LogP contribution is -2.27. The summed E-state index contributed by atoms with van der Waals surface area (Å²) in [7, 11) is 2.48. The van der Waals surface area contributed by atoms with Gasteiger partial charge in [0.1, 0.15) is 0 Å². The van der Waals surface area contributed by atoms with E-state index >= 15 is 0 Å². The summed E-state index contributed by atoms with van der Waals surface area (Å²) in [6.07, 6.45) is 14.8. The molecule has 0 aliphatic heterocycles. The second kappa shape index (κ2) is 3.51. The monoisotopic (exact) mass is 159 g/mol. The Morgan fingerprint density at radius 3 is 1.73 bits per heavy atom. The maximum Gasteiger partial charge on any atom is 0.345 e. The molecule has 0 aromatic rings. The number of hydrogen-bond acceptors (Lipinski definition) is 2. The Balaban J connectivity index is 4.98. The molecule has 0 aromatic carbocycles. The SMILES string of the molecule is C#CC(C#C)(C#C)C(=O)O[Si]. The number of hydrogen-bond donors (Lipinski definition) is 0. The van der Waals surface area contributed by atoms with E-state index in [4.69, 9.17) is 19.3 Å². The highest BCUT2D eigenvalue weighted by Crippen LogP contribution is 2.14. The zero-order valence-electron chi connectivity index (χ0n) is 5.55. The molecule has 0 aliphatic carbocycles. The highest BCUT2D eigenvalue weighted by Gasteiger charge is 2.32. The number of rotatable bonds is 1. The molecule has 0 N–H and O–H groups in total. The molecule has 0 unspecified atom stereocenters. The largest absolute Gasteiger partial charge is 0.513 e. The molecule has 0 saturated heterocycles. The molecule has 3 heteroatoms. The molecule has 51 valence electrons. The molecule has 2 nitrogen and oxygen atoms in total. The van der Waals surface area contributed by atoms with Gasteiger partial charge in [0.15, 0.2) is 0 Å². The molecule has 0 amide bonds. The quantitative estimate of drug-likeness (QED) is 0.381. The van der Waals surface area contributed by atoms with Gasteiger partial charge in [0, 0.05) is 0 Å². The molecule has 11 heavy (non-hydrogen) atoms. The minimum atomic E-state index is -1.69. The van der Waals surface area contributed by atoms with Crippen molar-refractivity contribution >= 4 is 16.5 Å². The summed E-state index contributed by atoms with van der Waals surface area (Å²) in [5.41, 5.74) is -1.69. The fourth-order valence-corrected chi connectivity index (χ4v) is 0.531. The number of terminal acetylenes is 3. The van der Waals surface area contributed by atoms with Crippen molar-refractivity contribution in [2.24, 2.45) is 5.41 Å². The van der Waals surface area contributed by atoms with Crippen LogP contribution in [-0.2, 0) is 9.22 Å². The summed E-state index contributed by atoms with van der Waals surface area (Å²) < 4.78 is 4.13. The first-order valence-corrected chi connectivity index (χ1v) is 2.89. The van der Waals surface area contributed by atoms with Crippen LogP contribution in [-0.4, -0.2) is 16.5 Å². The maximum atomic E-state index is 10.8. The molecule has 0 aliphatic rings. The average Bonchev–Trinajstić information content (AvgIpc) is 2.08. The first-order valence-electron chi connectivity index (χ1n) is 2.48. The van der Waals surface area contributed by atoms with Crippen molar-refractivity contribution < 1.29 is 9.22 Å². The minimum absolute atomic E-state index is 0.860. The van der Waals surface area contributed by atoms with Crippen molar-refractivity contribution in [1.82, 2.24) is 0 Å². The minimum Gasteiger partial charge on any atom is -0.513 e. The summed E-state index contributed by atoms with van der Waals surface area (Å²) in [6, 6.07) is 0. The Labute approximate surface area is 68.9 Å². The second-order valence-corrected chi connectivity index (χ2v) is 1.78. The van der Waals surface area contributed by atoms with Crippen molar-refractivity contribution in [3.8, 4) is 37.0 Å². The standard InChI is InChI=1S/C8H3O2Si/c1-4-8(5-2,6-3)7(9)10-11/h1-3H. The van der Waals surface area contributed by atoms with E-state index in [1.807, 2.05) is 17.8 Å². The molecule has 0 heterocycles. The highest BCUT2D eigenvalue weighted by atomic mass is 28.2. The third-order valence-electron chi connectivity index (χ3n) is 1.05. The van der Waals surface area contributed by atoms with Gasteiger partial charge in [0.25, 0.3) is 0 Å². The fourth-order valence-electron chi connectivity index (χ4n) is 0.378. The Morgan fingerprint density at radius 1 is 1.27 bits per heavy atom. The van der Waals surface area contributed by atoms with Gasteiger partial charge in [-0.25, -0.2) is 4.79 Å². The molecule has 0 rings (SSSR count). The number of carbonyl (C=O) groups excluding carboxylic acids is 1. The van der Waals surface area contributed by atoms with Crippen LogP contribution in [0.1, 0.15) is 0 Å². The van der Waals surface area contributed by atoms with E-state index in [0.717, 1.165) is 0 Å². The van der Waals surface area contributed by atoms with E-state index in [1.54, 1.807) is 0 Å². The van der Waals surface area contributed by atoms with Crippen molar-refractivity contribution in [2.75, 3.05) is 0 Å². The zero-order chi connectivity index (χ0) is 8.91. The maximum absolute atomic E-state index is 10.8. The Hall–Kier alpha value is -1.63. The predicted molar refractivity (Wildman–Crippen MR) is 40.8 cm³/mol. The molecule has 0 fully saturated rings. The predicted octanol–water partition coefficient (Wildman–Crippen LogP) is -0.501. The molecule has 0 spiro atoms. The summed E-state index contributed by atoms with van der Waals surface area (Å²) in [5, 5.41) is 0. The summed E-state index contributed by atoms with van der Waals surface area (Å²) >= 11 is 0. The van der Waals surface area contributed by atoms with Gasteiger partial charge in [-0.1, -0.05) is 17.8 Å². The molecular formula is C8H3O2Si. The topological polar surface area (TPSA) is 26.3 Å². The van der Waals surface area contributed by atoms with E-state index < -0.39 is 11.4 Å². The van der Waals surface area contributed by atoms with Crippen LogP contribution in [0.5, 0.6) is 0 Å². The van der Waals surface area contributed by atoms with Gasteiger partial charge < -0.3 is 4.43 Å². The van der Waals surface area contributed by atoms with Gasteiger partial charge in [-0.05, 0) is 0 Å². The normalized spacial score (nSPS) is 8.55.